The van der Waals surface area contributed by atoms with Crippen molar-refractivity contribution in [1.82, 2.24) is 0 Å². The largest absolute Gasteiger partial charge is 0.482 e. The van der Waals surface area contributed by atoms with E-state index in [1.807, 2.05) is 0 Å². The van der Waals surface area contributed by atoms with Crippen LogP contribution in [-0.2, 0) is 4.79 Å². The summed E-state index contributed by atoms with van der Waals surface area (Å²) in [6.45, 7) is 1.70. The molecule has 0 saturated heterocycles. The number of anilines is 3. The smallest absolute Gasteiger partial charge is 0.291 e. The Bertz CT molecular complexity index is 736. The van der Waals surface area contributed by atoms with E-state index in [-0.39, 0.29) is 18.3 Å². The number of fused-ring (bicyclic) bond motifs is 1. The Labute approximate surface area is 120 Å². The number of nitrogens with one attached hydrogen (secondary N) is 2. The lowest BCUT2D eigenvalue weighted by molar-refractivity contribution is -0.118. The van der Waals surface area contributed by atoms with Crippen LogP contribution in [0.1, 0.15) is 16.3 Å². The fourth-order valence-electron chi connectivity index (χ4n) is 1.99. The van der Waals surface area contributed by atoms with Gasteiger partial charge in [0, 0.05) is 6.07 Å². The zero-order chi connectivity index (χ0) is 15.0. The average molecular weight is 287 g/mol. The maximum Gasteiger partial charge on any atom is 0.291 e. The molecule has 7 nitrogen and oxygen atoms in total. The summed E-state index contributed by atoms with van der Waals surface area (Å²) >= 11 is 0. The number of aryl methyl sites for hydroxylation is 1. The van der Waals surface area contributed by atoms with E-state index in [1.165, 1.54) is 0 Å². The van der Waals surface area contributed by atoms with Crippen molar-refractivity contribution in [3.63, 3.8) is 0 Å². The predicted molar refractivity (Wildman–Crippen MR) is 76.4 cm³/mol. The van der Waals surface area contributed by atoms with Crippen LogP contribution in [0.4, 0.5) is 17.1 Å². The lowest BCUT2D eigenvalue weighted by atomic mass is 10.2. The van der Waals surface area contributed by atoms with Gasteiger partial charge < -0.3 is 25.5 Å². The molecule has 21 heavy (non-hydrogen) atoms. The zero-order valence-corrected chi connectivity index (χ0v) is 11.2. The summed E-state index contributed by atoms with van der Waals surface area (Å²) in [4.78, 5) is 23.3. The zero-order valence-electron chi connectivity index (χ0n) is 11.2. The number of carbonyl (C=O) groups is 2. The second kappa shape index (κ2) is 4.86. The number of ether oxygens (including phenoxy) is 1. The topological polar surface area (TPSA) is 107 Å². The molecule has 4 N–H and O–H groups in total. The second-order valence-electron chi connectivity index (χ2n) is 4.64. The molecule has 0 atom stereocenters. The van der Waals surface area contributed by atoms with Crippen LogP contribution in [0.25, 0.3) is 0 Å². The number of rotatable bonds is 2. The third kappa shape index (κ3) is 2.53. The first-order valence-corrected chi connectivity index (χ1v) is 6.27. The van der Waals surface area contributed by atoms with Gasteiger partial charge in [0.25, 0.3) is 11.8 Å². The van der Waals surface area contributed by atoms with Gasteiger partial charge in [-0.25, -0.2) is 0 Å². The van der Waals surface area contributed by atoms with Crippen molar-refractivity contribution in [3.8, 4) is 5.75 Å². The Morgan fingerprint density at radius 2 is 2.19 bits per heavy atom. The molecule has 0 bridgehead atoms. The molecule has 1 aromatic carbocycles. The van der Waals surface area contributed by atoms with Gasteiger partial charge in [0.05, 0.1) is 17.1 Å². The molecule has 2 aromatic rings. The third-order valence-corrected chi connectivity index (χ3v) is 3.00. The van der Waals surface area contributed by atoms with E-state index in [9.17, 15) is 9.59 Å². The number of benzene rings is 1. The molecule has 1 aliphatic rings. The number of hydrogen-bond acceptors (Lipinski definition) is 5. The Balaban J connectivity index is 1.87. The minimum absolute atomic E-state index is 0.0518. The van der Waals surface area contributed by atoms with Gasteiger partial charge in [-0.15, -0.1) is 0 Å². The van der Waals surface area contributed by atoms with Crippen molar-refractivity contribution in [2.24, 2.45) is 0 Å². The van der Waals surface area contributed by atoms with Crippen LogP contribution in [0.15, 0.2) is 28.7 Å². The molecule has 2 heterocycles. The molecule has 0 spiro atoms. The van der Waals surface area contributed by atoms with E-state index in [0.717, 1.165) is 0 Å². The maximum atomic E-state index is 12.0. The van der Waals surface area contributed by atoms with E-state index in [2.05, 4.69) is 10.6 Å². The summed E-state index contributed by atoms with van der Waals surface area (Å²) in [5, 5.41) is 5.29. The van der Waals surface area contributed by atoms with Crippen molar-refractivity contribution >= 4 is 28.9 Å². The quantitative estimate of drug-likeness (QED) is 0.729. The molecule has 2 amide bonds. The highest BCUT2D eigenvalue weighted by Crippen LogP contribution is 2.35. The van der Waals surface area contributed by atoms with E-state index in [1.54, 1.807) is 31.2 Å². The molecule has 0 radical (unpaired) electrons. The minimum atomic E-state index is -0.419. The van der Waals surface area contributed by atoms with Gasteiger partial charge in [-0.2, -0.15) is 0 Å². The summed E-state index contributed by atoms with van der Waals surface area (Å²) < 4.78 is 10.5. The van der Waals surface area contributed by atoms with Gasteiger partial charge in [-0.3, -0.25) is 9.59 Å². The Morgan fingerprint density at radius 1 is 1.38 bits per heavy atom. The summed E-state index contributed by atoms with van der Waals surface area (Å²) in [6.07, 6.45) is 0. The molecular formula is C14H13N3O4. The fraction of sp³-hybridized carbons (Fsp3) is 0.143. The van der Waals surface area contributed by atoms with Crippen LogP contribution < -0.4 is 21.1 Å². The molecular weight excluding hydrogens is 274 g/mol. The standard InChI is InChI=1S/C14H13N3O4/c1-7-2-3-11(21-7)14(19)17-9-5-10-12(4-8(9)15)20-6-13(18)16-10/h2-5H,6,15H2,1H3,(H,16,18)(H,17,19). The highest BCUT2D eigenvalue weighted by Gasteiger charge is 2.19. The Morgan fingerprint density at radius 3 is 2.90 bits per heavy atom. The molecule has 0 fully saturated rings. The van der Waals surface area contributed by atoms with Gasteiger partial charge in [0.15, 0.2) is 12.4 Å². The minimum Gasteiger partial charge on any atom is -0.482 e. The molecule has 0 saturated carbocycles. The summed E-state index contributed by atoms with van der Waals surface area (Å²) in [5.74, 6) is 0.618. The lowest BCUT2D eigenvalue weighted by Gasteiger charge is -2.19. The van der Waals surface area contributed by atoms with Gasteiger partial charge in [0.2, 0.25) is 0 Å². The molecule has 108 valence electrons. The number of furan rings is 1. The first-order chi connectivity index (χ1) is 10.0. The lowest BCUT2D eigenvalue weighted by Crippen LogP contribution is -2.25. The summed E-state index contributed by atoms with van der Waals surface area (Å²) in [7, 11) is 0. The van der Waals surface area contributed by atoms with Crippen molar-refractivity contribution in [2.75, 3.05) is 23.0 Å². The van der Waals surface area contributed by atoms with Crippen LogP contribution in [0.3, 0.4) is 0 Å². The SMILES string of the molecule is Cc1ccc(C(=O)Nc2cc3c(cc2N)OCC(=O)N3)o1. The molecule has 0 aliphatic carbocycles. The van der Waals surface area contributed by atoms with Crippen molar-refractivity contribution in [1.29, 1.82) is 0 Å². The van der Waals surface area contributed by atoms with E-state index >= 15 is 0 Å². The van der Waals surface area contributed by atoms with Crippen molar-refractivity contribution < 1.29 is 18.7 Å². The van der Waals surface area contributed by atoms with Crippen LogP contribution in [0.2, 0.25) is 0 Å². The van der Waals surface area contributed by atoms with E-state index in [4.69, 9.17) is 14.9 Å². The average Bonchev–Trinajstić information content (AvgIpc) is 2.87. The maximum absolute atomic E-state index is 12.0. The third-order valence-electron chi connectivity index (χ3n) is 3.00. The monoisotopic (exact) mass is 287 g/mol. The number of nitrogen functional groups attached to an aromatic ring is 1. The molecule has 0 unspecified atom stereocenters. The highest BCUT2D eigenvalue weighted by molar-refractivity contribution is 6.05. The first-order valence-electron chi connectivity index (χ1n) is 6.27. The van der Waals surface area contributed by atoms with Crippen LogP contribution in [0.5, 0.6) is 5.75 Å². The second-order valence-corrected chi connectivity index (χ2v) is 4.64. The van der Waals surface area contributed by atoms with Gasteiger partial charge in [-0.1, -0.05) is 0 Å². The van der Waals surface area contributed by atoms with Crippen LogP contribution in [-0.4, -0.2) is 18.4 Å². The fourth-order valence-corrected chi connectivity index (χ4v) is 1.99. The Kier molecular flexibility index (Phi) is 3.02. The van der Waals surface area contributed by atoms with Crippen LogP contribution >= 0.6 is 0 Å². The molecule has 1 aliphatic heterocycles. The van der Waals surface area contributed by atoms with Crippen molar-refractivity contribution in [2.45, 2.75) is 6.92 Å². The van der Waals surface area contributed by atoms with Gasteiger partial charge in [0.1, 0.15) is 11.5 Å². The van der Waals surface area contributed by atoms with E-state index in [0.29, 0.717) is 28.6 Å². The van der Waals surface area contributed by atoms with Crippen LogP contribution in [0, 0.1) is 6.92 Å². The number of amides is 2. The first kappa shape index (κ1) is 13.0. The Hall–Kier alpha value is -2.96. The van der Waals surface area contributed by atoms with Gasteiger partial charge >= 0.3 is 0 Å². The molecule has 7 heteroatoms. The number of nitrogens with two attached hydrogens (primary N) is 1. The number of carbonyl (C=O) groups excluding carboxylic acids is 2. The predicted octanol–water partition coefficient (Wildman–Crippen LogP) is 1.75. The van der Waals surface area contributed by atoms with Crippen molar-refractivity contribution in [3.05, 3.63) is 35.8 Å². The highest BCUT2D eigenvalue weighted by atomic mass is 16.5. The summed E-state index contributed by atoms with van der Waals surface area (Å²) in [6, 6.07) is 6.37. The van der Waals surface area contributed by atoms with Gasteiger partial charge in [-0.05, 0) is 25.1 Å². The summed E-state index contributed by atoms with van der Waals surface area (Å²) in [5.41, 5.74) is 7.05. The molecule has 3 rings (SSSR count). The normalized spacial score (nSPS) is 13.1. The molecule has 1 aromatic heterocycles. The number of hydrogen-bond donors (Lipinski definition) is 3. The van der Waals surface area contributed by atoms with E-state index < -0.39 is 5.91 Å².